The van der Waals surface area contributed by atoms with Gasteiger partial charge >= 0.3 is 5.97 Å². The van der Waals surface area contributed by atoms with Crippen molar-refractivity contribution in [3.8, 4) is 5.75 Å². The summed E-state index contributed by atoms with van der Waals surface area (Å²) in [5.74, 6) is -1.77. The van der Waals surface area contributed by atoms with Crippen molar-refractivity contribution in [2.45, 2.75) is 32.0 Å². The number of halogens is 1. The number of esters is 1. The van der Waals surface area contributed by atoms with Crippen LogP contribution in [-0.2, 0) is 20.9 Å². The molecule has 0 bridgehead atoms. The molecule has 2 heterocycles. The van der Waals surface area contributed by atoms with E-state index in [4.69, 9.17) is 9.47 Å². The maximum atomic E-state index is 14.0. The third-order valence-electron chi connectivity index (χ3n) is 5.60. The summed E-state index contributed by atoms with van der Waals surface area (Å²) < 4.78 is 24.4. The third kappa shape index (κ3) is 2.82. The molecule has 1 fully saturated rings. The summed E-state index contributed by atoms with van der Waals surface area (Å²) in [7, 11) is 1.36. The van der Waals surface area contributed by atoms with E-state index in [1.165, 1.54) is 29.0 Å². The summed E-state index contributed by atoms with van der Waals surface area (Å²) in [4.78, 5) is 42.0. The van der Waals surface area contributed by atoms with Gasteiger partial charge in [-0.25, -0.2) is 9.18 Å². The molecule has 0 radical (unpaired) electrons. The topological polar surface area (TPSA) is 76.2 Å². The van der Waals surface area contributed by atoms with Crippen molar-refractivity contribution >= 4 is 23.5 Å². The van der Waals surface area contributed by atoms with Crippen LogP contribution in [0.15, 0.2) is 42.5 Å². The lowest BCUT2D eigenvalue weighted by Crippen LogP contribution is -2.68. The number of likely N-dealkylation sites (N-methyl/N-ethyl adjacent to an activating group) is 1. The number of carbonyl (C=O) groups is 3. The van der Waals surface area contributed by atoms with Gasteiger partial charge in [-0.05, 0) is 36.8 Å². The lowest BCUT2D eigenvalue weighted by Gasteiger charge is -2.48. The Bertz CT molecular complexity index is 1040. The number of ether oxygens (including phenoxy) is 2. The minimum Gasteiger partial charge on any atom is -0.494 e. The first-order chi connectivity index (χ1) is 14.4. The highest BCUT2D eigenvalue weighted by Crippen LogP contribution is 2.45. The lowest BCUT2D eigenvalue weighted by molar-refractivity contribution is -0.158. The van der Waals surface area contributed by atoms with Gasteiger partial charge in [0.1, 0.15) is 6.61 Å². The Morgan fingerprint density at radius 1 is 1.20 bits per heavy atom. The summed E-state index contributed by atoms with van der Waals surface area (Å²) in [6.45, 7) is 1.78. The van der Waals surface area contributed by atoms with Crippen LogP contribution in [0.25, 0.3) is 0 Å². The number of anilines is 1. The van der Waals surface area contributed by atoms with Crippen LogP contribution in [0, 0.1) is 5.82 Å². The number of methoxy groups -OCH3 is 1. The predicted molar refractivity (Wildman–Crippen MR) is 105 cm³/mol. The van der Waals surface area contributed by atoms with E-state index < -0.39 is 17.4 Å². The summed E-state index contributed by atoms with van der Waals surface area (Å²) in [5.41, 5.74) is -0.334. The zero-order chi connectivity index (χ0) is 21.5. The van der Waals surface area contributed by atoms with Crippen molar-refractivity contribution in [2.24, 2.45) is 0 Å². The SMILES string of the molecule is CCN1C(=O)c2ccccc2N2C(=O)CC[C@]12C(=O)OCc1ccc(OC)c(F)c1. The fourth-order valence-corrected chi connectivity index (χ4v) is 4.24. The average molecular weight is 412 g/mol. The fraction of sp³-hybridized carbons (Fsp3) is 0.318. The van der Waals surface area contributed by atoms with Gasteiger partial charge in [0.25, 0.3) is 5.91 Å². The van der Waals surface area contributed by atoms with Gasteiger partial charge in [-0.3, -0.25) is 14.5 Å². The smallest absolute Gasteiger partial charge is 0.354 e. The number of para-hydroxylation sites is 1. The average Bonchev–Trinajstić information content (AvgIpc) is 3.11. The van der Waals surface area contributed by atoms with E-state index in [9.17, 15) is 18.8 Å². The first-order valence-corrected chi connectivity index (χ1v) is 9.67. The van der Waals surface area contributed by atoms with E-state index in [2.05, 4.69) is 0 Å². The molecular weight excluding hydrogens is 391 g/mol. The Hall–Kier alpha value is -3.42. The second kappa shape index (κ2) is 7.44. The monoisotopic (exact) mass is 412 g/mol. The standard InChI is InChI=1S/C22H21FN2O5/c1-3-24-20(27)15-6-4-5-7-17(15)25-19(26)10-11-22(24,25)21(28)30-13-14-8-9-18(29-2)16(23)12-14/h4-9,12H,3,10-11,13H2,1-2H3/t22-/m0/s1. The van der Waals surface area contributed by atoms with Crippen molar-refractivity contribution in [2.75, 3.05) is 18.6 Å². The Labute approximate surface area is 173 Å². The number of nitrogens with zero attached hydrogens (tertiary/aromatic N) is 2. The maximum absolute atomic E-state index is 14.0. The summed E-state index contributed by atoms with van der Waals surface area (Å²) in [6.07, 6.45) is 0.250. The van der Waals surface area contributed by atoms with Crippen LogP contribution in [0.5, 0.6) is 5.75 Å². The molecule has 0 saturated carbocycles. The maximum Gasteiger partial charge on any atom is 0.354 e. The number of benzene rings is 2. The highest BCUT2D eigenvalue weighted by Gasteiger charge is 2.61. The van der Waals surface area contributed by atoms with Gasteiger partial charge in [-0.2, -0.15) is 0 Å². The van der Waals surface area contributed by atoms with Gasteiger partial charge in [0.05, 0.1) is 18.4 Å². The van der Waals surface area contributed by atoms with Crippen LogP contribution in [-0.4, -0.2) is 42.0 Å². The fourth-order valence-electron chi connectivity index (χ4n) is 4.24. The number of amides is 2. The molecule has 1 atom stereocenters. The minimum atomic E-state index is -1.54. The summed E-state index contributed by atoms with van der Waals surface area (Å²) >= 11 is 0. The normalized spacial score (nSPS) is 20.1. The third-order valence-corrected chi connectivity index (χ3v) is 5.60. The largest absolute Gasteiger partial charge is 0.494 e. The predicted octanol–water partition coefficient (Wildman–Crippen LogP) is 2.88. The summed E-state index contributed by atoms with van der Waals surface area (Å²) in [5, 5.41) is 0. The molecule has 2 amide bonds. The minimum absolute atomic E-state index is 0.0860. The molecule has 4 rings (SSSR count). The molecule has 0 unspecified atom stereocenters. The van der Waals surface area contributed by atoms with E-state index >= 15 is 0 Å². The Kier molecular flexibility index (Phi) is 4.93. The molecule has 0 aromatic heterocycles. The van der Waals surface area contributed by atoms with Crippen LogP contribution in [0.4, 0.5) is 10.1 Å². The van der Waals surface area contributed by atoms with Crippen LogP contribution >= 0.6 is 0 Å². The highest BCUT2D eigenvalue weighted by atomic mass is 19.1. The molecule has 2 aliphatic heterocycles. The first kappa shape index (κ1) is 19.9. The highest BCUT2D eigenvalue weighted by molar-refractivity contribution is 6.15. The van der Waals surface area contributed by atoms with Gasteiger partial charge < -0.3 is 14.4 Å². The molecule has 2 aliphatic rings. The van der Waals surface area contributed by atoms with Gasteiger partial charge in [0.2, 0.25) is 11.6 Å². The second-order valence-electron chi connectivity index (χ2n) is 7.16. The van der Waals surface area contributed by atoms with Crippen LogP contribution in [0.2, 0.25) is 0 Å². The zero-order valence-electron chi connectivity index (χ0n) is 16.7. The molecule has 2 aromatic rings. The van der Waals surface area contributed by atoms with Gasteiger partial charge in [-0.1, -0.05) is 18.2 Å². The van der Waals surface area contributed by atoms with E-state index in [1.807, 2.05) is 0 Å². The van der Waals surface area contributed by atoms with Crippen LogP contribution in [0.1, 0.15) is 35.7 Å². The van der Waals surface area contributed by atoms with Gasteiger partial charge in [-0.15, -0.1) is 0 Å². The molecule has 0 spiro atoms. The van der Waals surface area contributed by atoms with E-state index in [-0.39, 0.29) is 43.6 Å². The van der Waals surface area contributed by atoms with Crippen molar-refractivity contribution < 1.29 is 28.2 Å². The van der Waals surface area contributed by atoms with E-state index in [1.54, 1.807) is 37.3 Å². The number of carbonyl (C=O) groups excluding carboxylic acids is 3. The molecule has 156 valence electrons. The Morgan fingerprint density at radius 3 is 2.67 bits per heavy atom. The Morgan fingerprint density at radius 2 is 1.97 bits per heavy atom. The second-order valence-corrected chi connectivity index (χ2v) is 7.16. The van der Waals surface area contributed by atoms with Crippen molar-refractivity contribution in [1.82, 2.24) is 4.90 Å². The molecule has 0 aliphatic carbocycles. The molecule has 2 aromatic carbocycles. The molecular formula is C22H21FN2O5. The van der Waals surface area contributed by atoms with Crippen LogP contribution < -0.4 is 9.64 Å². The lowest BCUT2D eigenvalue weighted by atomic mass is 9.96. The summed E-state index contributed by atoms with van der Waals surface area (Å²) in [6, 6.07) is 11.0. The number of rotatable bonds is 5. The van der Waals surface area contributed by atoms with Gasteiger partial charge in [0.15, 0.2) is 11.6 Å². The molecule has 0 N–H and O–H groups in total. The Balaban J connectivity index is 1.68. The van der Waals surface area contributed by atoms with E-state index in [0.717, 1.165) is 0 Å². The number of fused-ring (bicyclic) bond motifs is 3. The number of hydrogen-bond acceptors (Lipinski definition) is 5. The van der Waals surface area contributed by atoms with Crippen molar-refractivity contribution in [3.63, 3.8) is 0 Å². The molecule has 7 nitrogen and oxygen atoms in total. The molecule has 8 heteroatoms. The number of hydrogen-bond donors (Lipinski definition) is 0. The van der Waals surface area contributed by atoms with Crippen LogP contribution in [0.3, 0.4) is 0 Å². The van der Waals surface area contributed by atoms with Gasteiger partial charge in [0, 0.05) is 19.4 Å². The first-order valence-electron chi connectivity index (χ1n) is 9.67. The van der Waals surface area contributed by atoms with E-state index in [0.29, 0.717) is 16.8 Å². The molecule has 1 saturated heterocycles. The quantitative estimate of drug-likeness (QED) is 0.706. The zero-order valence-corrected chi connectivity index (χ0v) is 16.7. The van der Waals surface area contributed by atoms with Crippen molar-refractivity contribution in [1.29, 1.82) is 0 Å². The molecule has 30 heavy (non-hydrogen) atoms. The van der Waals surface area contributed by atoms with Crippen molar-refractivity contribution in [3.05, 3.63) is 59.4 Å².